The van der Waals surface area contributed by atoms with Crippen LogP contribution in [0.2, 0.25) is 5.02 Å². The molecule has 0 bridgehead atoms. The molecule has 3 rings (SSSR count). The fourth-order valence-electron chi connectivity index (χ4n) is 2.40. The molecule has 0 unspecified atom stereocenters. The Morgan fingerprint density at radius 1 is 1.04 bits per heavy atom. The number of nitrogens with one attached hydrogen (secondary N) is 1. The molecule has 0 aliphatic rings. The number of hydrogen-bond donors (Lipinski definition) is 1. The Morgan fingerprint density at radius 3 is 2.23 bits per heavy atom. The zero-order valence-electron chi connectivity index (χ0n) is 13.5. The van der Waals surface area contributed by atoms with Crippen LogP contribution < -0.4 is 5.32 Å². The topological polar surface area (TPSA) is 42.2 Å². The van der Waals surface area contributed by atoms with E-state index in [1.54, 1.807) is 37.3 Å². The molecule has 0 spiro atoms. The summed E-state index contributed by atoms with van der Waals surface area (Å²) in [5, 5.41) is 3.15. The van der Waals surface area contributed by atoms with E-state index in [9.17, 15) is 18.0 Å². The van der Waals surface area contributed by atoms with Gasteiger partial charge in [0.15, 0.2) is 0 Å². The molecule has 26 heavy (non-hydrogen) atoms. The molecule has 1 heterocycles. The zero-order valence-corrected chi connectivity index (χ0v) is 14.3. The third kappa shape index (κ3) is 3.91. The molecule has 0 radical (unpaired) electrons. The fraction of sp³-hybridized carbons (Fsp3) is 0.105. The van der Waals surface area contributed by atoms with Crippen LogP contribution in [0.1, 0.15) is 21.7 Å². The van der Waals surface area contributed by atoms with Gasteiger partial charge >= 0.3 is 6.18 Å². The number of halogens is 4. The molecule has 7 heteroatoms. The van der Waals surface area contributed by atoms with E-state index < -0.39 is 17.6 Å². The molecule has 2 aromatic carbocycles. The van der Waals surface area contributed by atoms with Crippen LogP contribution in [0.3, 0.4) is 0 Å². The average molecular weight is 380 g/mol. The van der Waals surface area contributed by atoms with E-state index in [0.717, 1.165) is 17.7 Å². The second-order valence-corrected chi connectivity index (χ2v) is 6.05. The highest BCUT2D eigenvalue weighted by atomic mass is 35.5. The lowest BCUT2D eigenvalue weighted by Gasteiger charge is -2.08. The minimum Gasteiger partial charge on any atom is -0.461 e. The van der Waals surface area contributed by atoms with E-state index in [1.165, 1.54) is 12.1 Å². The first-order chi connectivity index (χ1) is 12.2. The minimum absolute atomic E-state index is 0.261. The lowest BCUT2D eigenvalue weighted by Crippen LogP contribution is -2.12. The summed E-state index contributed by atoms with van der Waals surface area (Å²) in [7, 11) is 0. The van der Waals surface area contributed by atoms with Crippen LogP contribution in [0.25, 0.3) is 11.3 Å². The minimum atomic E-state index is -4.42. The number of alkyl halides is 3. The number of amides is 1. The van der Waals surface area contributed by atoms with E-state index in [0.29, 0.717) is 22.1 Å². The van der Waals surface area contributed by atoms with Crippen molar-refractivity contribution in [1.29, 1.82) is 0 Å². The predicted molar refractivity (Wildman–Crippen MR) is 93.3 cm³/mol. The number of carbonyl (C=O) groups excluding carboxylic acids is 1. The van der Waals surface area contributed by atoms with Crippen LogP contribution in [0.15, 0.2) is 59.0 Å². The predicted octanol–water partition coefficient (Wildman–Crippen LogP) is 6.18. The van der Waals surface area contributed by atoms with Crippen LogP contribution >= 0.6 is 11.6 Å². The number of hydrogen-bond acceptors (Lipinski definition) is 2. The Balaban J connectivity index is 1.79. The van der Waals surface area contributed by atoms with Gasteiger partial charge in [-0.2, -0.15) is 13.2 Å². The molecule has 3 nitrogen and oxygen atoms in total. The van der Waals surface area contributed by atoms with Gasteiger partial charge in [-0.3, -0.25) is 4.79 Å². The molecule has 0 atom stereocenters. The first-order valence-corrected chi connectivity index (χ1v) is 7.97. The molecule has 0 saturated carbocycles. The van der Waals surface area contributed by atoms with Gasteiger partial charge in [0.1, 0.15) is 11.5 Å². The number of aryl methyl sites for hydroxylation is 1. The van der Waals surface area contributed by atoms with Crippen molar-refractivity contribution in [3.05, 3.63) is 76.5 Å². The summed E-state index contributed by atoms with van der Waals surface area (Å²) in [6.07, 6.45) is -4.42. The lowest BCUT2D eigenvalue weighted by atomic mass is 10.1. The summed E-state index contributed by atoms with van der Waals surface area (Å²) in [4.78, 5) is 12.4. The smallest absolute Gasteiger partial charge is 0.416 e. The van der Waals surface area contributed by atoms with Crippen LogP contribution in [0, 0.1) is 6.92 Å². The standard InChI is InChI=1S/C19H13ClF3NO2/c1-11-16(10-17(26-11)12-2-6-14(20)7-3-12)18(25)24-15-8-4-13(5-9-15)19(21,22)23/h2-10H,1H3,(H,24,25). The Hall–Kier alpha value is -2.73. The number of rotatable bonds is 3. The molecule has 0 fully saturated rings. The van der Waals surface area contributed by atoms with E-state index in [1.807, 2.05) is 0 Å². The second-order valence-electron chi connectivity index (χ2n) is 5.62. The fourth-order valence-corrected chi connectivity index (χ4v) is 2.53. The maximum absolute atomic E-state index is 12.6. The number of carbonyl (C=O) groups is 1. The Morgan fingerprint density at radius 2 is 1.65 bits per heavy atom. The van der Waals surface area contributed by atoms with Gasteiger partial charge in [0.05, 0.1) is 11.1 Å². The van der Waals surface area contributed by atoms with Crippen molar-refractivity contribution >= 4 is 23.2 Å². The van der Waals surface area contributed by atoms with E-state index >= 15 is 0 Å². The normalized spacial score (nSPS) is 11.4. The molecule has 1 amide bonds. The molecule has 3 aromatic rings. The van der Waals surface area contributed by atoms with Crippen LogP contribution in [-0.4, -0.2) is 5.91 Å². The largest absolute Gasteiger partial charge is 0.461 e. The summed E-state index contributed by atoms with van der Waals surface area (Å²) in [5.74, 6) is 0.433. The van der Waals surface area contributed by atoms with Gasteiger partial charge in [-0.15, -0.1) is 0 Å². The second kappa shape index (κ2) is 6.88. The summed E-state index contributed by atoms with van der Waals surface area (Å²) in [6, 6.07) is 12.8. The van der Waals surface area contributed by atoms with Crippen molar-refractivity contribution in [1.82, 2.24) is 0 Å². The molecule has 0 aliphatic heterocycles. The average Bonchev–Trinajstić information content (AvgIpc) is 2.97. The monoisotopic (exact) mass is 379 g/mol. The SMILES string of the molecule is Cc1oc(-c2ccc(Cl)cc2)cc1C(=O)Nc1ccc(C(F)(F)F)cc1. The van der Waals surface area contributed by atoms with Crippen LogP contribution in [0.5, 0.6) is 0 Å². The Bertz CT molecular complexity index is 929. The van der Waals surface area contributed by atoms with Gasteiger partial charge < -0.3 is 9.73 Å². The Kier molecular flexibility index (Phi) is 4.78. The van der Waals surface area contributed by atoms with E-state index in [4.69, 9.17) is 16.0 Å². The summed E-state index contributed by atoms with van der Waals surface area (Å²) in [6.45, 7) is 1.64. The molecule has 1 N–H and O–H groups in total. The molecule has 134 valence electrons. The summed E-state index contributed by atoms with van der Waals surface area (Å²) >= 11 is 5.85. The van der Waals surface area contributed by atoms with Crippen molar-refractivity contribution in [2.45, 2.75) is 13.1 Å². The van der Waals surface area contributed by atoms with E-state index in [-0.39, 0.29) is 5.69 Å². The Labute approximate surface area is 152 Å². The summed E-state index contributed by atoms with van der Waals surface area (Å²) in [5.41, 5.74) is 0.539. The molecule has 1 aromatic heterocycles. The van der Waals surface area contributed by atoms with Gasteiger partial charge in [-0.05, 0) is 61.5 Å². The van der Waals surface area contributed by atoms with Crippen molar-refractivity contribution in [3.63, 3.8) is 0 Å². The lowest BCUT2D eigenvalue weighted by molar-refractivity contribution is -0.137. The van der Waals surface area contributed by atoms with Gasteiger partial charge in [-0.25, -0.2) is 0 Å². The van der Waals surface area contributed by atoms with Crippen molar-refractivity contribution < 1.29 is 22.4 Å². The van der Waals surface area contributed by atoms with Crippen LogP contribution in [0.4, 0.5) is 18.9 Å². The molecular weight excluding hydrogens is 367 g/mol. The first-order valence-electron chi connectivity index (χ1n) is 7.59. The maximum Gasteiger partial charge on any atom is 0.416 e. The van der Waals surface area contributed by atoms with E-state index in [2.05, 4.69) is 5.32 Å². The van der Waals surface area contributed by atoms with Gasteiger partial charge in [0, 0.05) is 16.3 Å². The van der Waals surface area contributed by atoms with Gasteiger partial charge in [0.25, 0.3) is 5.91 Å². The third-order valence-electron chi connectivity index (χ3n) is 3.76. The number of benzene rings is 2. The number of anilines is 1. The zero-order chi connectivity index (χ0) is 18.9. The summed E-state index contributed by atoms with van der Waals surface area (Å²) < 4.78 is 43.4. The van der Waals surface area contributed by atoms with Crippen molar-refractivity contribution in [2.75, 3.05) is 5.32 Å². The highest BCUT2D eigenvalue weighted by molar-refractivity contribution is 6.30. The molecule has 0 aliphatic carbocycles. The van der Waals surface area contributed by atoms with Crippen molar-refractivity contribution in [2.24, 2.45) is 0 Å². The number of furan rings is 1. The van der Waals surface area contributed by atoms with Crippen LogP contribution in [-0.2, 0) is 6.18 Å². The van der Waals surface area contributed by atoms with Gasteiger partial charge in [0.2, 0.25) is 0 Å². The van der Waals surface area contributed by atoms with Gasteiger partial charge in [-0.1, -0.05) is 11.6 Å². The quantitative estimate of drug-likeness (QED) is 0.590. The highest BCUT2D eigenvalue weighted by Crippen LogP contribution is 2.30. The molecule has 0 saturated heterocycles. The first kappa shape index (κ1) is 18.1. The third-order valence-corrected chi connectivity index (χ3v) is 4.01. The maximum atomic E-state index is 12.6. The van der Waals surface area contributed by atoms with Crippen molar-refractivity contribution in [3.8, 4) is 11.3 Å². The molecular formula is C19H13ClF3NO2. The highest BCUT2D eigenvalue weighted by Gasteiger charge is 2.30.